The molecule has 0 bridgehead atoms. The second kappa shape index (κ2) is 16.8. The van der Waals surface area contributed by atoms with E-state index < -0.39 is 23.7 Å². The molecule has 0 unspecified atom stereocenters. The molecule has 46 heavy (non-hydrogen) atoms. The summed E-state index contributed by atoms with van der Waals surface area (Å²) in [6.45, 7) is 2.42. The van der Waals surface area contributed by atoms with Gasteiger partial charge in [0.05, 0.1) is 50.3 Å². The number of nitrogens with zero attached hydrogens (tertiary/aromatic N) is 4. The van der Waals surface area contributed by atoms with Crippen LogP contribution in [-0.2, 0) is 23.9 Å². The summed E-state index contributed by atoms with van der Waals surface area (Å²) in [5.41, 5.74) is 6.66. The lowest BCUT2D eigenvalue weighted by Crippen LogP contribution is -2.28. The van der Waals surface area contributed by atoms with Crippen LogP contribution in [0.1, 0.15) is 12.8 Å². The number of carboxylic acid groups (broad SMARTS) is 1. The molecule has 2 aromatic carbocycles. The summed E-state index contributed by atoms with van der Waals surface area (Å²) in [7, 11) is 1.56. The number of rotatable bonds is 14. The van der Waals surface area contributed by atoms with E-state index in [1.807, 2.05) is 0 Å². The maximum absolute atomic E-state index is 13.4. The van der Waals surface area contributed by atoms with Crippen molar-refractivity contribution in [3.05, 3.63) is 59.0 Å². The summed E-state index contributed by atoms with van der Waals surface area (Å²) in [6.07, 6.45) is -5.19. The molecule has 2 heterocycles. The number of aromatic nitrogens is 4. The number of aliphatic carboxylic acids is 1. The lowest BCUT2D eigenvalue weighted by Gasteiger charge is -2.08. The normalized spacial score (nSPS) is 11.2. The topological polar surface area (TPSA) is 201 Å². The molecule has 0 spiro atoms. The van der Waals surface area contributed by atoms with Gasteiger partial charge in [-0.2, -0.15) is 17.9 Å². The number of anilines is 1. The zero-order valence-electron chi connectivity index (χ0n) is 24.6. The number of halogens is 3. The van der Waals surface area contributed by atoms with Crippen LogP contribution in [0.15, 0.2) is 53.3 Å². The van der Waals surface area contributed by atoms with Crippen LogP contribution >= 0.6 is 0 Å². The molecule has 248 valence electrons. The Hall–Kier alpha value is -5.07. The maximum atomic E-state index is 13.4. The van der Waals surface area contributed by atoms with Crippen LogP contribution in [0.2, 0.25) is 0 Å². The van der Waals surface area contributed by atoms with E-state index in [-0.39, 0.29) is 30.2 Å². The predicted molar refractivity (Wildman–Crippen MR) is 158 cm³/mol. The molecule has 4 aromatic rings. The molecule has 0 aliphatic carbocycles. The van der Waals surface area contributed by atoms with E-state index in [4.69, 9.17) is 29.8 Å². The van der Waals surface area contributed by atoms with Crippen molar-refractivity contribution in [2.24, 2.45) is 5.73 Å². The smallest absolute Gasteiger partial charge is 0.490 e. The molecule has 0 aliphatic heterocycles. The number of carbonyl (C=O) groups is 3. The number of nitrogens with two attached hydrogens (primary N) is 1. The third-order valence-corrected chi connectivity index (χ3v) is 5.94. The first kappa shape index (κ1) is 35.4. The van der Waals surface area contributed by atoms with Crippen molar-refractivity contribution in [1.29, 1.82) is 0 Å². The fourth-order valence-corrected chi connectivity index (χ4v) is 3.81. The van der Waals surface area contributed by atoms with Gasteiger partial charge < -0.3 is 35.7 Å². The Balaban J connectivity index is 0.000000738. The highest BCUT2D eigenvalue weighted by molar-refractivity contribution is 5.96. The Morgan fingerprint density at radius 2 is 1.59 bits per heavy atom. The van der Waals surface area contributed by atoms with E-state index >= 15 is 0 Å². The molecule has 0 aliphatic rings. The molecule has 15 nitrogen and oxygen atoms in total. The molecule has 0 saturated heterocycles. The van der Waals surface area contributed by atoms with Crippen LogP contribution in [0, 0.1) is 0 Å². The van der Waals surface area contributed by atoms with Gasteiger partial charge in [0.25, 0.3) is 0 Å². The lowest BCUT2D eigenvalue weighted by atomic mass is 10.2. The van der Waals surface area contributed by atoms with Crippen molar-refractivity contribution >= 4 is 40.3 Å². The monoisotopic (exact) mass is 651 g/mol. The molecule has 0 atom stereocenters. The number of benzene rings is 2. The quantitative estimate of drug-likeness (QED) is 0.144. The predicted octanol–water partition coefficient (Wildman–Crippen LogP) is 1.50. The maximum Gasteiger partial charge on any atom is 0.490 e. The number of hydrogen-bond donors (Lipinski definition) is 4. The molecule has 0 saturated carbocycles. The Morgan fingerprint density at radius 3 is 2.22 bits per heavy atom. The Labute approximate surface area is 259 Å². The number of para-hydroxylation sites is 2. The largest absolute Gasteiger partial charge is 0.497 e. The number of amides is 2. The molecular formula is C28H32F3N7O8. The summed E-state index contributed by atoms with van der Waals surface area (Å²) in [6, 6.07) is 13.9. The zero-order chi connectivity index (χ0) is 33.7. The van der Waals surface area contributed by atoms with Crippen molar-refractivity contribution in [2.45, 2.75) is 19.0 Å². The Bertz CT molecular complexity index is 1690. The third kappa shape index (κ3) is 9.98. The molecule has 4 rings (SSSR count). The molecule has 2 amide bonds. The molecule has 0 fully saturated rings. The standard InChI is InChI=1S/C26H31N7O6.C2HF3O2/c1-37-19-8-6-18(7-9-19)33-26(36)32-21-5-3-2-4-20(21)29-24(25(32)31-33)30-23(35)11-10-22(34)28-13-15-39-17-16-38-14-12-27;3-2(4,5)1(6)7/h2-9H,10-17,27H2,1H3,(H,28,34)(H,29,30,35);(H,6,7). The molecule has 0 radical (unpaired) electrons. The van der Waals surface area contributed by atoms with Crippen LogP contribution in [0.25, 0.3) is 22.4 Å². The van der Waals surface area contributed by atoms with Gasteiger partial charge in [0.2, 0.25) is 17.5 Å². The number of carboxylic acids is 1. The lowest BCUT2D eigenvalue weighted by molar-refractivity contribution is -0.192. The SMILES string of the molecule is COc1ccc(-n2nc3c(NC(=O)CCC(=O)NCCOCCOCCN)nc4ccccc4n3c2=O)cc1.O=C(O)C(F)(F)F. The van der Waals surface area contributed by atoms with E-state index in [1.165, 1.54) is 9.08 Å². The fraction of sp³-hybridized carbons (Fsp3) is 0.357. The first-order chi connectivity index (χ1) is 22.0. The van der Waals surface area contributed by atoms with Gasteiger partial charge in [-0.3, -0.25) is 9.59 Å². The highest BCUT2D eigenvalue weighted by Gasteiger charge is 2.38. The number of ether oxygens (including phenoxy) is 3. The number of carbonyl (C=O) groups excluding carboxylic acids is 2. The van der Waals surface area contributed by atoms with E-state index in [9.17, 15) is 27.6 Å². The molecule has 18 heteroatoms. The van der Waals surface area contributed by atoms with Gasteiger partial charge in [-0.25, -0.2) is 19.0 Å². The average molecular weight is 652 g/mol. The van der Waals surface area contributed by atoms with Crippen LogP contribution in [0.4, 0.5) is 19.0 Å². The number of hydrogen-bond acceptors (Lipinski definition) is 10. The molecule has 5 N–H and O–H groups in total. The van der Waals surface area contributed by atoms with Gasteiger partial charge >= 0.3 is 17.8 Å². The van der Waals surface area contributed by atoms with Gasteiger partial charge in [-0.15, -0.1) is 5.10 Å². The Kier molecular flexibility index (Phi) is 13.0. The second-order valence-electron chi connectivity index (χ2n) is 9.22. The first-order valence-corrected chi connectivity index (χ1v) is 13.7. The Morgan fingerprint density at radius 1 is 0.957 bits per heavy atom. The minimum atomic E-state index is -5.08. The summed E-state index contributed by atoms with van der Waals surface area (Å²) >= 11 is 0. The summed E-state index contributed by atoms with van der Waals surface area (Å²) in [5, 5.41) is 17.0. The second-order valence-corrected chi connectivity index (χ2v) is 9.22. The molecular weight excluding hydrogens is 619 g/mol. The minimum absolute atomic E-state index is 0.0254. The third-order valence-electron chi connectivity index (χ3n) is 5.94. The van der Waals surface area contributed by atoms with Crippen molar-refractivity contribution in [3.8, 4) is 11.4 Å². The van der Waals surface area contributed by atoms with E-state index in [1.54, 1.807) is 55.6 Å². The van der Waals surface area contributed by atoms with Gasteiger partial charge in [-0.1, -0.05) is 12.1 Å². The van der Waals surface area contributed by atoms with Crippen LogP contribution < -0.4 is 26.8 Å². The van der Waals surface area contributed by atoms with Gasteiger partial charge in [-0.05, 0) is 36.4 Å². The highest BCUT2D eigenvalue weighted by atomic mass is 19.4. The first-order valence-electron chi connectivity index (χ1n) is 13.7. The van der Waals surface area contributed by atoms with E-state index in [0.29, 0.717) is 62.0 Å². The molecule has 2 aromatic heterocycles. The van der Waals surface area contributed by atoms with Crippen molar-refractivity contribution < 1.29 is 46.9 Å². The van der Waals surface area contributed by atoms with Crippen LogP contribution in [0.5, 0.6) is 5.75 Å². The van der Waals surface area contributed by atoms with Gasteiger partial charge in [0.1, 0.15) is 5.75 Å². The number of fused-ring (bicyclic) bond motifs is 3. The zero-order valence-corrected chi connectivity index (χ0v) is 24.6. The fourth-order valence-electron chi connectivity index (χ4n) is 3.81. The van der Waals surface area contributed by atoms with Crippen molar-refractivity contribution in [2.75, 3.05) is 51.9 Å². The number of nitrogens with one attached hydrogen (secondary N) is 2. The summed E-state index contributed by atoms with van der Waals surface area (Å²) in [5.74, 6) is -2.72. The number of alkyl halides is 3. The van der Waals surface area contributed by atoms with Crippen molar-refractivity contribution in [1.82, 2.24) is 24.5 Å². The number of methoxy groups -OCH3 is 1. The van der Waals surface area contributed by atoms with Crippen LogP contribution in [-0.4, -0.2) is 94.9 Å². The van der Waals surface area contributed by atoms with Gasteiger partial charge in [0.15, 0.2) is 5.82 Å². The van der Waals surface area contributed by atoms with E-state index in [2.05, 4.69) is 20.7 Å². The van der Waals surface area contributed by atoms with Gasteiger partial charge in [0, 0.05) is 25.9 Å². The summed E-state index contributed by atoms with van der Waals surface area (Å²) in [4.78, 5) is 51.7. The summed E-state index contributed by atoms with van der Waals surface area (Å²) < 4.78 is 50.1. The van der Waals surface area contributed by atoms with Crippen LogP contribution in [0.3, 0.4) is 0 Å². The van der Waals surface area contributed by atoms with Crippen molar-refractivity contribution in [3.63, 3.8) is 0 Å². The average Bonchev–Trinajstić information content (AvgIpc) is 3.38. The van der Waals surface area contributed by atoms with E-state index in [0.717, 1.165) is 0 Å². The highest BCUT2D eigenvalue weighted by Crippen LogP contribution is 2.21. The minimum Gasteiger partial charge on any atom is -0.497 e.